The monoisotopic (exact) mass is 297 g/mol. The van der Waals surface area contributed by atoms with E-state index in [0.29, 0.717) is 28.0 Å². The second-order valence-electron chi connectivity index (χ2n) is 4.46. The van der Waals surface area contributed by atoms with Crippen molar-refractivity contribution >= 4 is 22.4 Å². The number of nitrogen functional groups attached to an aromatic ring is 1. The van der Waals surface area contributed by atoms with Gasteiger partial charge in [-0.1, -0.05) is 0 Å². The SMILES string of the molecule is COc1cc2ncnc(-c3cccnc3N)c2cc1[N+](=O)[O-]. The van der Waals surface area contributed by atoms with Crippen LogP contribution in [0.3, 0.4) is 0 Å². The van der Waals surface area contributed by atoms with Crippen LogP contribution in [0.5, 0.6) is 5.75 Å². The smallest absolute Gasteiger partial charge is 0.311 e. The summed E-state index contributed by atoms with van der Waals surface area (Å²) in [5.41, 5.74) is 7.31. The molecule has 0 saturated heterocycles. The van der Waals surface area contributed by atoms with Crippen molar-refractivity contribution in [3.05, 3.63) is 46.9 Å². The van der Waals surface area contributed by atoms with Crippen molar-refractivity contribution in [1.82, 2.24) is 15.0 Å². The van der Waals surface area contributed by atoms with Crippen LogP contribution in [0.2, 0.25) is 0 Å². The Kier molecular flexibility index (Phi) is 3.26. The summed E-state index contributed by atoms with van der Waals surface area (Å²) in [4.78, 5) is 23.0. The van der Waals surface area contributed by atoms with Crippen LogP contribution in [-0.2, 0) is 0 Å². The lowest BCUT2D eigenvalue weighted by Crippen LogP contribution is -1.98. The van der Waals surface area contributed by atoms with Crippen molar-refractivity contribution in [3.63, 3.8) is 0 Å². The molecule has 8 nitrogen and oxygen atoms in total. The first-order valence-electron chi connectivity index (χ1n) is 6.30. The zero-order valence-electron chi connectivity index (χ0n) is 11.6. The van der Waals surface area contributed by atoms with Crippen molar-refractivity contribution in [2.45, 2.75) is 0 Å². The van der Waals surface area contributed by atoms with E-state index in [1.807, 2.05) is 0 Å². The number of hydrogen-bond donors (Lipinski definition) is 1. The number of benzene rings is 1. The molecule has 2 N–H and O–H groups in total. The number of nitrogens with two attached hydrogens (primary N) is 1. The van der Waals surface area contributed by atoms with Gasteiger partial charge in [0.1, 0.15) is 12.1 Å². The molecule has 0 saturated carbocycles. The Hall–Kier alpha value is -3.29. The minimum absolute atomic E-state index is 0.140. The molecule has 3 aromatic rings. The Balaban J connectivity index is 2.35. The summed E-state index contributed by atoms with van der Waals surface area (Å²) < 4.78 is 5.04. The number of nitro groups is 1. The summed E-state index contributed by atoms with van der Waals surface area (Å²) in [6.07, 6.45) is 2.93. The molecule has 0 aliphatic heterocycles. The van der Waals surface area contributed by atoms with Crippen LogP contribution in [0.1, 0.15) is 0 Å². The molecule has 0 amide bonds. The second-order valence-corrected chi connectivity index (χ2v) is 4.46. The number of hydrogen-bond acceptors (Lipinski definition) is 7. The predicted octanol–water partition coefficient (Wildman–Crippen LogP) is 2.19. The molecule has 3 rings (SSSR count). The highest BCUT2D eigenvalue weighted by Crippen LogP contribution is 2.35. The van der Waals surface area contributed by atoms with Gasteiger partial charge < -0.3 is 10.5 Å². The quantitative estimate of drug-likeness (QED) is 0.581. The van der Waals surface area contributed by atoms with Crippen LogP contribution in [0, 0.1) is 10.1 Å². The van der Waals surface area contributed by atoms with Gasteiger partial charge in [0.05, 0.1) is 23.2 Å². The predicted molar refractivity (Wildman–Crippen MR) is 80.4 cm³/mol. The molecule has 0 radical (unpaired) electrons. The lowest BCUT2D eigenvalue weighted by Gasteiger charge is -2.08. The maximum Gasteiger partial charge on any atom is 0.311 e. The van der Waals surface area contributed by atoms with Crippen LogP contribution in [0.4, 0.5) is 11.5 Å². The molecule has 8 heteroatoms. The molecule has 0 unspecified atom stereocenters. The topological polar surface area (TPSA) is 117 Å². The minimum Gasteiger partial charge on any atom is -0.490 e. The Morgan fingerprint density at radius 3 is 2.77 bits per heavy atom. The molecule has 0 spiro atoms. The summed E-state index contributed by atoms with van der Waals surface area (Å²) in [6.45, 7) is 0. The van der Waals surface area contributed by atoms with Crippen LogP contribution in [0.15, 0.2) is 36.8 Å². The van der Waals surface area contributed by atoms with E-state index in [9.17, 15) is 10.1 Å². The number of pyridine rings is 1. The summed E-state index contributed by atoms with van der Waals surface area (Å²) in [7, 11) is 1.37. The molecule has 0 atom stereocenters. The molecule has 0 aliphatic rings. The summed E-state index contributed by atoms with van der Waals surface area (Å²) >= 11 is 0. The van der Waals surface area contributed by atoms with Crippen LogP contribution >= 0.6 is 0 Å². The number of aromatic nitrogens is 3. The maximum atomic E-state index is 11.2. The highest BCUT2D eigenvalue weighted by atomic mass is 16.6. The average molecular weight is 297 g/mol. The molecular weight excluding hydrogens is 286 g/mol. The van der Waals surface area contributed by atoms with Gasteiger partial charge in [-0.2, -0.15) is 0 Å². The number of nitro benzene ring substituents is 1. The van der Waals surface area contributed by atoms with Gasteiger partial charge in [0, 0.05) is 29.3 Å². The number of fused-ring (bicyclic) bond motifs is 1. The Bertz CT molecular complexity index is 881. The van der Waals surface area contributed by atoms with Crippen molar-refractivity contribution in [1.29, 1.82) is 0 Å². The molecule has 110 valence electrons. The Morgan fingerprint density at radius 2 is 2.09 bits per heavy atom. The van der Waals surface area contributed by atoms with Crippen LogP contribution < -0.4 is 10.5 Å². The van der Waals surface area contributed by atoms with Gasteiger partial charge in [-0.3, -0.25) is 10.1 Å². The lowest BCUT2D eigenvalue weighted by atomic mass is 10.1. The van der Waals surface area contributed by atoms with Crippen molar-refractivity contribution in [2.24, 2.45) is 0 Å². The first kappa shape index (κ1) is 13.7. The third-order valence-corrected chi connectivity index (χ3v) is 3.23. The third-order valence-electron chi connectivity index (χ3n) is 3.23. The van der Waals surface area contributed by atoms with E-state index in [0.717, 1.165) is 0 Å². The fourth-order valence-corrected chi connectivity index (χ4v) is 2.21. The van der Waals surface area contributed by atoms with Crippen molar-refractivity contribution in [2.75, 3.05) is 12.8 Å². The number of anilines is 1. The highest BCUT2D eigenvalue weighted by Gasteiger charge is 2.19. The van der Waals surface area contributed by atoms with Gasteiger partial charge in [-0.05, 0) is 12.1 Å². The van der Waals surface area contributed by atoms with Crippen LogP contribution in [-0.4, -0.2) is 27.0 Å². The molecule has 22 heavy (non-hydrogen) atoms. The molecule has 2 aromatic heterocycles. The van der Waals surface area contributed by atoms with Gasteiger partial charge in [0.2, 0.25) is 0 Å². The van der Waals surface area contributed by atoms with Gasteiger partial charge in [0.15, 0.2) is 5.75 Å². The van der Waals surface area contributed by atoms with E-state index in [1.165, 1.54) is 25.6 Å². The standard InChI is InChI=1S/C14H11N5O3/c1-22-12-6-10-9(5-11(12)19(20)21)13(18-7-17-10)8-3-2-4-16-14(8)15/h2-7H,1H3,(H2,15,16). The number of ether oxygens (including phenoxy) is 1. The van der Waals surface area contributed by atoms with E-state index in [1.54, 1.807) is 18.3 Å². The molecule has 0 aliphatic carbocycles. The molecule has 2 heterocycles. The molecule has 0 fully saturated rings. The number of rotatable bonds is 3. The largest absolute Gasteiger partial charge is 0.490 e. The maximum absolute atomic E-state index is 11.2. The number of methoxy groups -OCH3 is 1. The number of nitrogens with zero attached hydrogens (tertiary/aromatic N) is 4. The summed E-state index contributed by atoms with van der Waals surface area (Å²) in [6, 6.07) is 6.36. The van der Waals surface area contributed by atoms with Crippen LogP contribution in [0.25, 0.3) is 22.2 Å². The second kappa shape index (κ2) is 5.24. The van der Waals surface area contributed by atoms with E-state index < -0.39 is 4.92 Å². The van der Waals surface area contributed by atoms with Gasteiger partial charge in [-0.15, -0.1) is 0 Å². The van der Waals surface area contributed by atoms with Gasteiger partial charge >= 0.3 is 5.69 Å². The lowest BCUT2D eigenvalue weighted by molar-refractivity contribution is -0.385. The van der Waals surface area contributed by atoms with Gasteiger partial charge in [0.25, 0.3) is 0 Å². The fraction of sp³-hybridized carbons (Fsp3) is 0.0714. The van der Waals surface area contributed by atoms with Gasteiger partial charge in [-0.25, -0.2) is 15.0 Å². The Labute approximate surface area is 124 Å². The van der Waals surface area contributed by atoms with Crippen molar-refractivity contribution < 1.29 is 9.66 Å². The molecular formula is C14H11N5O3. The zero-order valence-corrected chi connectivity index (χ0v) is 11.6. The summed E-state index contributed by atoms with van der Waals surface area (Å²) in [5, 5.41) is 11.7. The first-order valence-corrected chi connectivity index (χ1v) is 6.30. The molecule has 1 aromatic carbocycles. The zero-order chi connectivity index (χ0) is 15.7. The minimum atomic E-state index is -0.512. The van der Waals surface area contributed by atoms with E-state index in [-0.39, 0.29) is 11.4 Å². The normalized spacial score (nSPS) is 10.6. The van der Waals surface area contributed by atoms with E-state index in [2.05, 4.69) is 15.0 Å². The highest BCUT2D eigenvalue weighted by molar-refractivity contribution is 5.96. The van der Waals surface area contributed by atoms with E-state index in [4.69, 9.17) is 10.5 Å². The average Bonchev–Trinajstić information content (AvgIpc) is 2.53. The van der Waals surface area contributed by atoms with Crippen molar-refractivity contribution in [3.8, 4) is 17.0 Å². The fourth-order valence-electron chi connectivity index (χ4n) is 2.21. The summed E-state index contributed by atoms with van der Waals surface area (Å²) in [5.74, 6) is 0.433. The Morgan fingerprint density at radius 1 is 1.27 bits per heavy atom. The van der Waals surface area contributed by atoms with E-state index >= 15 is 0 Å². The third kappa shape index (κ3) is 2.16. The first-order chi connectivity index (χ1) is 10.6. The molecule has 0 bridgehead atoms.